The Morgan fingerprint density at radius 3 is 2.19 bits per heavy atom. The lowest BCUT2D eigenvalue weighted by molar-refractivity contribution is 0.415. The number of hydrogen-bond acceptors (Lipinski definition) is 3. The first-order valence-corrected chi connectivity index (χ1v) is 8.71. The Bertz CT molecular complexity index is 850. The average Bonchev–Trinajstić information content (AvgIpc) is 3.15. The molecule has 4 heteroatoms. The molecule has 0 amide bonds. The highest BCUT2D eigenvalue weighted by atomic mass is 19.1. The van der Waals surface area contributed by atoms with Gasteiger partial charge in [-0.3, -0.25) is 0 Å². The molecule has 132 valence electrons. The Hall–Kier alpha value is -3.01. The molecule has 0 N–H and O–H groups in total. The SMILES string of the molecule is COc1ccc(N2CN(c3ccccc3)CC2c2ccc(F)cc2)cc1. The van der Waals surface area contributed by atoms with E-state index in [2.05, 4.69) is 46.2 Å². The zero-order chi connectivity index (χ0) is 17.9. The maximum atomic E-state index is 13.4. The van der Waals surface area contributed by atoms with Crippen molar-refractivity contribution in [1.82, 2.24) is 0 Å². The number of benzene rings is 3. The maximum absolute atomic E-state index is 13.4. The third kappa shape index (κ3) is 3.23. The van der Waals surface area contributed by atoms with E-state index in [9.17, 15) is 4.39 Å². The molecule has 0 aromatic heterocycles. The van der Waals surface area contributed by atoms with E-state index in [4.69, 9.17) is 4.74 Å². The van der Waals surface area contributed by atoms with Gasteiger partial charge in [0.05, 0.1) is 19.8 Å². The maximum Gasteiger partial charge on any atom is 0.123 e. The molecule has 26 heavy (non-hydrogen) atoms. The number of anilines is 2. The van der Waals surface area contributed by atoms with Gasteiger partial charge in [-0.2, -0.15) is 0 Å². The van der Waals surface area contributed by atoms with Crippen LogP contribution in [0.5, 0.6) is 5.75 Å². The fraction of sp³-hybridized carbons (Fsp3) is 0.182. The lowest BCUT2D eigenvalue weighted by atomic mass is 10.1. The van der Waals surface area contributed by atoms with Gasteiger partial charge in [-0.25, -0.2) is 4.39 Å². The van der Waals surface area contributed by atoms with Gasteiger partial charge in [0.15, 0.2) is 0 Å². The van der Waals surface area contributed by atoms with Crippen LogP contribution >= 0.6 is 0 Å². The minimum atomic E-state index is -0.206. The second-order valence-corrected chi connectivity index (χ2v) is 6.43. The normalized spacial score (nSPS) is 16.8. The van der Waals surface area contributed by atoms with E-state index in [-0.39, 0.29) is 11.9 Å². The van der Waals surface area contributed by atoms with Gasteiger partial charge >= 0.3 is 0 Å². The molecule has 0 aliphatic carbocycles. The summed E-state index contributed by atoms with van der Waals surface area (Å²) in [6.45, 7) is 1.63. The monoisotopic (exact) mass is 348 g/mol. The highest BCUT2D eigenvalue weighted by molar-refractivity contribution is 5.58. The molecule has 1 saturated heterocycles. The molecule has 3 aromatic rings. The van der Waals surface area contributed by atoms with Crippen molar-refractivity contribution in [1.29, 1.82) is 0 Å². The van der Waals surface area contributed by atoms with Crippen LogP contribution in [0, 0.1) is 5.82 Å². The van der Waals surface area contributed by atoms with E-state index in [1.54, 1.807) is 7.11 Å². The summed E-state index contributed by atoms with van der Waals surface area (Å²) in [5.41, 5.74) is 3.43. The molecule has 3 nitrogen and oxygen atoms in total. The van der Waals surface area contributed by atoms with Gasteiger partial charge in [0, 0.05) is 17.9 Å². The molecule has 1 aliphatic heterocycles. The van der Waals surface area contributed by atoms with Crippen molar-refractivity contribution in [3.63, 3.8) is 0 Å². The molecule has 1 aliphatic rings. The van der Waals surface area contributed by atoms with Crippen molar-refractivity contribution in [2.45, 2.75) is 6.04 Å². The van der Waals surface area contributed by atoms with E-state index < -0.39 is 0 Å². The summed E-state index contributed by atoms with van der Waals surface area (Å²) in [6, 6.07) is 25.5. The summed E-state index contributed by atoms with van der Waals surface area (Å²) in [5, 5.41) is 0. The molecular formula is C22H21FN2O. The standard InChI is InChI=1S/C22H21FN2O/c1-26-21-13-11-20(12-14-21)25-16-24(19-5-3-2-4-6-19)15-22(25)17-7-9-18(23)10-8-17/h2-14,22H,15-16H2,1H3. The van der Waals surface area contributed by atoms with Crippen LogP contribution in [0.4, 0.5) is 15.8 Å². The summed E-state index contributed by atoms with van der Waals surface area (Å²) in [7, 11) is 1.67. The fourth-order valence-corrected chi connectivity index (χ4v) is 3.48. The number of hydrogen-bond donors (Lipinski definition) is 0. The first kappa shape index (κ1) is 16.5. The van der Waals surface area contributed by atoms with Crippen LogP contribution in [-0.2, 0) is 0 Å². The van der Waals surface area contributed by atoms with Gasteiger partial charge in [-0.05, 0) is 54.1 Å². The van der Waals surface area contributed by atoms with Crippen molar-refractivity contribution in [2.24, 2.45) is 0 Å². The Labute approximate surface area is 153 Å². The highest BCUT2D eigenvalue weighted by Gasteiger charge is 2.31. The molecule has 1 unspecified atom stereocenters. The Morgan fingerprint density at radius 2 is 1.54 bits per heavy atom. The van der Waals surface area contributed by atoms with Crippen molar-refractivity contribution < 1.29 is 9.13 Å². The summed E-state index contributed by atoms with van der Waals surface area (Å²) in [6.07, 6.45) is 0. The molecule has 0 saturated carbocycles. The number of rotatable bonds is 4. The average molecular weight is 348 g/mol. The first-order valence-electron chi connectivity index (χ1n) is 8.71. The number of nitrogens with zero attached hydrogens (tertiary/aromatic N) is 2. The van der Waals surface area contributed by atoms with Gasteiger partial charge in [-0.1, -0.05) is 30.3 Å². The minimum absolute atomic E-state index is 0.157. The van der Waals surface area contributed by atoms with Gasteiger partial charge in [0.2, 0.25) is 0 Å². The molecule has 1 fully saturated rings. The molecule has 1 heterocycles. The van der Waals surface area contributed by atoms with Gasteiger partial charge < -0.3 is 14.5 Å². The topological polar surface area (TPSA) is 15.7 Å². The molecule has 0 radical (unpaired) electrons. The van der Waals surface area contributed by atoms with Gasteiger partial charge in [-0.15, -0.1) is 0 Å². The third-order valence-electron chi connectivity index (χ3n) is 4.87. The number of methoxy groups -OCH3 is 1. The number of halogens is 1. The van der Waals surface area contributed by atoms with Crippen molar-refractivity contribution in [2.75, 3.05) is 30.1 Å². The third-order valence-corrected chi connectivity index (χ3v) is 4.87. The number of para-hydroxylation sites is 1. The zero-order valence-corrected chi connectivity index (χ0v) is 14.7. The van der Waals surface area contributed by atoms with Crippen LogP contribution in [0.2, 0.25) is 0 Å². The van der Waals surface area contributed by atoms with Crippen LogP contribution in [0.3, 0.4) is 0 Å². The Morgan fingerprint density at radius 1 is 0.846 bits per heavy atom. The van der Waals surface area contributed by atoms with Crippen LogP contribution in [0.1, 0.15) is 11.6 Å². The Balaban J connectivity index is 1.68. The van der Waals surface area contributed by atoms with Gasteiger partial charge in [0.25, 0.3) is 0 Å². The quantitative estimate of drug-likeness (QED) is 0.670. The summed E-state index contributed by atoms with van der Waals surface area (Å²) >= 11 is 0. The molecule has 0 spiro atoms. The van der Waals surface area contributed by atoms with Crippen LogP contribution in [0.25, 0.3) is 0 Å². The zero-order valence-electron chi connectivity index (χ0n) is 14.7. The van der Waals surface area contributed by atoms with Crippen molar-refractivity contribution in [3.8, 4) is 5.75 Å². The van der Waals surface area contributed by atoms with Crippen LogP contribution < -0.4 is 14.5 Å². The predicted molar refractivity (Wildman–Crippen MR) is 103 cm³/mol. The molecular weight excluding hydrogens is 327 g/mol. The second-order valence-electron chi connectivity index (χ2n) is 6.43. The largest absolute Gasteiger partial charge is 0.497 e. The molecule has 3 aromatic carbocycles. The van der Waals surface area contributed by atoms with E-state index in [0.717, 1.165) is 30.2 Å². The lowest BCUT2D eigenvalue weighted by Crippen LogP contribution is -2.26. The summed E-state index contributed by atoms with van der Waals surface area (Å²) in [5.74, 6) is 0.633. The van der Waals surface area contributed by atoms with E-state index in [1.807, 2.05) is 30.3 Å². The number of ether oxygens (including phenoxy) is 1. The predicted octanol–water partition coefficient (Wildman–Crippen LogP) is 4.86. The first-order chi connectivity index (χ1) is 12.7. The van der Waals surface area contributed by atoms with E-state index >= 15 is 0 Å². The molecule has 4 rings (SSSR count). The summed E-state index contributed by atoms with van der Waals surface area (Å²) < 4.78 is 18.7. The van der Waals surface area contributed by atoms with Crippen LogP contribution in [-0.4, -0.2) is 20.3 Å². The highest BCUT2D eigenvalue weighted by Crippen LogP contribution is 2.36. The van der Waals surface area contributed by atoms with E-state index in [1.165, 1.54) is 17.8 Å². The summed E-state index contributed by atoms with van der Waals surface area (Å²) in [4.78, 5) is 4.69. The molecule has 0 bridgehead atoms. The van der Waals surface area contributed by atoms with Crippen molar-refractivity contribution >= 4 is 11.4 Å². The van der Waals surface area contributed by atoms with Gasteiger partial charge in [0.1, 0.15) is 11.6 Å². The fourth-order valence-electron chi connectivity index (χ4n) is 3.48. The lowest BCUT2D eigenvalue weighted by Gasteiger charge is -2.26. The second kappa shape index (κ2) is 7.08. The molecule has 1 atom stereocenters. The van der Waals surface area contributed by atoms with Crippen LogP contribution in [0.15, 0.2) is 78.9 Å². The minimum Gasteiger partial charge on any atom is -0.497 e. The smallest absolute Gasteiger partial charge is 0.123 e. The van der Waals surface area contributed by atoms with Crippen molar-refractivity contribution in [3.05, 3.63) is 90.2 Å². The van der Waals surface area contributed by atoms with E-state index in [0.29, 0.717) is 0 Å². The Kier molecular flexibility index (Phi) is 4.48.